The molecule has 2 aromatic carbocycles. The fraction of sp³-hybridized carbons (Fsp3) is 0.250. The number of nitriles is 2. The van der Waals surface area contributed by atoms with Gasteiger partial charge in [0, 0.05) is 5.56 Å². The number of nitrogens with one attached hydrogen (secondary N) is 1. The number of methoxy groups -OCH3 is 4. The summed E-state index contributed by atoms with van der Waals surface area (Å²) in [4.78, 5) is 29.7. The Labute approximate surface area is 235 Å². The predicted octanol–water partition coefficient (Wildman–Crippen LogP) is 4.40. The van der Waals surface area contributed by atoms with Crippen molar-refractivity contribution in [3.05, 3.63) is 53.1 Å². The lowest BCUT2D eigenvalue weighted by Crippen LogP contribution is -2.26. The number of aromatic nitrogens is 1. The molecule has 3 rings (SSSR count). The zero-order valence-corrected chi connectivity index (χ0v) is 23.3. The van der Waals surface area contributed by atoms with Crippen molar-refractivity contribution in [3.8, 4) is 40.5 Å². The van der Waals surface area contributed by atoms with Crippen LogP contribution in [0.15, 0.2) is 41.4 Å². The molecule has 3 aromatic rings. The number of carbonyl (C=O) groups is 2. The van der Waals surface area contributed by atoms with E-state index in [9.17, 15) is 20.1 Å². The van der Waals surface area contributed by atoms with E-state index in [1.165, 1.54) is 34.5 Å². The second-order valence-corrected chi connectivity index (χ2v) is 9.30. The van der Waals surface area contributed by atoms with E-state index in [0.717, 1.165) is 11.8 Å². The van der Waals surface area contributed by atoms with E-state index >= 15 is 0 Å². The zero-order valence-electron chi connectivity index (χ0n) is 22.5. The highest BCUT2D eigenvalue weighted by molar-refractivity contribution is 8.00. The summed E-state index contributed by atoms with van der Waals surface area (Å²) in [6.45, 7) is 1.79. The van der Waals surface area contributed by atoms with Gasteiger partial charge in [-0.2, -0.15) is 10.5 Å². The fourth-order valence-electron chi connectivity index (χ4n) is 3.95. The van der Waals surface area contributed by atoms with E-state index < -0.39 is 17.1 Å². The lowest BCUT2D eigenvalue weighted by molar-refractivity contribution is -0.115. The first-order valence-corrected chi connectivity index (χ1v) is 12.7. The molecular weight excluding hydrogens is 534 g/mol. The Morgan fingerprint density at radius 3 is 2.17 bits per heavy atom. The van der Waals surface area contributed by atoms with E-state index in [4.69, 9.17) is 24.7 Å². The summed E-state index contributed by atoms with van der Waals surface area (Å²) in [5.74, 6) is -0.184. The van der Waals surface area contributed by atoms with Crippen LogP contribution in [0.2, 0.25) is 0 Å². The molecule has 0 bridgehead atoms. The Hall–Kier alpha value is -4.94. The number of pyridine rings is 1. The second kappa shape index (κ2) is 13.2. The van der Waals surface area contributed by atoms with E-state index in [2.05, 4.69) is 16.4 Å². The van der Waals surface area contributed by atoms with E-state index in [1.54, 1.807) is 37.3 Å². The molecule has 1 atom stereocenters. The highest BCUT2D eigenvalue weighted by Gasteiger charge is 2.27. The first kappa shape index (κ1) is 29.6. The van der Waals surface area contributed by atoms with Gasteiger partial charge in [0.15, 0.2) is 11.5 Å². The van der Waals surface area contributed by atoms with Gasteiger partial charge in [-0.25, -0.2) is 9.78 Å². The molecule has 0 spiro atoms. The molecule has 1 unspecified atom stereocenters. The molecule has 11 nitrogen and oxygen atoms in total. The maximum Gasteiger partial charge on any atom is 0.339 e. The highest BCUT2D eigenvalue weighted by Crippen LogP contribution is 2.44. The van der Waals surface area contributed by atoms with Crippen LogP contribution < -0.4 is 25.3 Å². The molecule has 1 amide bonds. The number of carbonyl (C=O) groups excluding carboxylic acids is 2. The van der Waals surface area contributed by atoms with Crippen LogP contribution >= 0.6 is 11.8 Å². The summed E-state index contributed by atoms with van der Waals surface area (Å²) in [5, 5.41) is 22.3. The maximum atomic E-state index is 13.3. The van der Waals surface area contributed by atoms with Gasteiger partial charge in [-0.05, 0) is 36.2 Å². The summed E-state index contributed by atoms with van der Waals surface area (Å²) < 4.78 is 21.1. The van der Waals surface area contributed by atoms with Crippen molar-refractivity contribution in [2.75, 3.05) is 39.5 Å². The van der Waals surface area contributed by atoms with Crippen molar-refractivity contribution >= 4 is 35.1 Å². The molecule has 1 heterocycles. The van der Waals surface area contributed by atoms with Gasteiger partial charge in [-0.15, -0.1) is 0 Å². The molecule has 0 saturated heterocycles. The number of hydrogen-bond acceptors (Lipinski definition) is 11. The normalized spacial score (nSPS) is 11.0. The smallest absolute Gasteiger partial charge is 0.339 e. The van der Waals surface area contributed by atoms with Crippen LogP contribution in [0.5, 0.6) is 17.2 Å². The number of benzene rings is 2. The molecule has 12 heteroatoms. The molecule has 0 aliphatic carbocycles. The van der Waals surface area contributed by atoms with Gasteiger partial charge in [0.1, 0.15) is 28.5 Å². The van der Waals surface area contributed by atoms with Crippen LogP contribution in [0, 0.1) is 22.7 Å². The van der Waals surface area contributed by atoms with Crippen LogP contribution in [0.3, 0.4) is 0 Å². The number of ether oxygens (including phenoxy) is 4. The number of amides is 1. The minimum absolute atomic E-state index is 0.0142. The molecule has 0 saturated carbocycles. The molecule has 0 aliphatic rings. The number of nitrogens with two attached hydrogens (primary N) is 1. The fourth-order valence-corrected chi connectivity index (χ4v) is 4.97. The first-order valence-electron chi connectivity index (χ1n) is 11.9. The third kappa shape index (κ3) is 5.87. The van der Waals surface area contributed by atoms with Crippen LogP contribution in [-0.4, -0.2) is 50.5 Å². The summed E-state index contributed by atoms with van der Waals surface area (Å²) in [6.07, 6.45) is 0.350. The van der Waals surface area contributed by atoms with Crippen molar-refractivity contribution in [2.45, 2.75) is 23.6 Å². The molecule has 0 radical (unpaired) electrons. The summed E-state index contributed by atoms with van der Waals surface area (Å²) in [5.41, 5.74) is 7.31. The zero-order chi connectivity index (χ0) is 29.4. The van der Waals surface area contributed by atoms with Gasteiger partial charge >= 0.3 is 5.97 Å². The third-order valence-corrected chi connectivity index (χ3v) is 7.23. The molecule has 0 fully saturated rings. The number of thioether (sulfide) groups is 1. The van der Waals surface area contributed by atoms with E-state index in [1.807, 2.05) is 6.07 Å². The van der Waals surface area contributed by atoms with Crippen molar-refractivity contribution in [1.82, 2.24) is 4.98 Å². The summed E-state index contributed by atoms with van der Waals surface area (Å²) >= 11 is 1.02. The lowest BCUT2D eigenvalue weighted by Gasteiger charge is -2.19. The quantitative estimate of drug-likeness (QED) is 0.266. The largest absolute Gasteiger partial charge is 0.493 e. The minimum atomic E-state index is -0.731. The SMILES string of the molecule is CCC(Sc1nc(N)c(C#N)c(-c2cc(OC)c(OC)c(OC)c2)c1C#N)C(=O)Nc1ccccc1C(=O)OC. The lowest BCUT2D eigenvalue weighted by atomic mass is 9.96. The van der Waals surface area contributed by atoms with E-state index in [-0.39, 0.29) is 38.8 Å². The molecular formula is C28H27N5O6S. The Kier molecular flexibility index (Phi) is 9.79. The van der Waals surface area contributed by atoms with Crippen LogP contribution in [-0.2, 0) is 9.53 Å². The third-order valence-electron chi connectivity index (χ3n) is 5.88. The van der Waals surface area contributed by atoms with Crippen LogP contribution in [0.25, 0.3) is 11.1 Å². The number of esters is 1. The van der Waals surface area contributed by atoms with Gasteiger partial charge in [-0.1, -0.05) is 30.8 Å². The Morgan fingerprint density at radius 1 is 1.02 bits per heavy atom. The average Bonchev–Trinajstić information content (AvgIpc) is 2.98. The van der Waals surface area contributed by atoms with Crippen molar-refractivity contribution in [1.29, 1.82) is 10.5 Å². The number of nitrogens with zero attached hydrogens (tertiary/aromatic N) is 3. The van der Waals surface area contributed by atoms with Gasteiger partial charge < -0.3 is 30.0 Å². The Balaban J connectivity index is 2.11. The number of hydrogen-bond donors (Lipinski definition) is 2. The first-order chi connectivity index (χ1) is 19.3. The van der Waals surface area contributed by atoms with Crippen LogP contribution in [0.1, 0.15) is 34.8 Å². The van der Waals surface area contributed by atoms with Gasteiger partial charge in [0.05, 0.1) is 50.5 Å². The Bertz CT molecular complexity index is 1500. The van der Waals surface area contributed by atoms with Gasteiger partial charge in [-0.3, -0.25) is 4.79 Å². The number of nitrogen functional groups attached to an aromatic ring is 1. The Morgan fingerprint density at radius 2 is 1.65 bits per heavy atom. The topological polar surface area (TPSA) is 170 Å². The monoisotopic (exact) mass is 561 g/mol. The number of anilines is 2. The van der Waals surface area contributed by atoms with Crippen molar-refractivity contribution in [3.63, 3.8) is 0 Å². The molecule has 0 aliphatic heterocycles. The molecule has 40 heavy (non-hydrogen) atoms. The van der Waals surface area contributed by atoms with Gasteiger partial charge in [0.2, 0.25) is 11.7 Å². The standard InChI is InChI=1S/C28H27N5O6S/c1-6-22(26(34)32-19-10-8-7-9-16(19)28(35)39-5)40-27-18(14-30)23(17(13-29)25(31)33-27)15-11-20(36-2)24(38-4)21(12-15)37-3/h7-12,22H,6H2,1-5H3,(H2,31,33)(H,32,34). The minimum Gasteiger partial charge on any atom is -0.493 e. The average molecular weight is 562 g/mol. The van der Waals surface area contributed by atoms with Crippen molar-refractivity contribution < 1.29 is 28.5 Å². The van der Waals surface area contributed by atoms with Gasteiger partial charge in [0.25, 0.3) is 0 Å². The van der Waals surface area contributed by atoms with Crippen LogP contribution in [0.4, 0.5) is 11.5 Å². The second-order valence-electron chi connectivity index (χ2n) is 8.11. The van der Waals surface area contributed by atoms with E-state index in [0.29, 0.717) is 29.2 Å². The summed E-state index contributed by atoms with van der Waals surface area (Å²) in [7, 11) is 5.60. The molecule has 206 valence electrons. The number of rotatable bonds is 10. The number of para-hydroxylation sites is 1. The highest BCUT2D eigenvalue weighted by atomic mass is 32.2. The maximum absolute atomic E-state index is 13.3. The molecule has 1 aromatic heterocycles. The predicted molar refractivity (Wildman–Crippen MR) is 150 cm³/mol. The molecule has 3 N–H and O–H groups in total. The van der Waals surface area contributed by atoms with Crippen molar-refractivity contribution in [2.24, 2.45) is 0 Å². The summed E-state index contributed by atoms with van der Waals surface area (Å²) in [6, 6.07) is 13.8.